The zero-order valence-corrected chi connectivity index (χ0v) is 16.0. The van der Waals surface area contributed by atoms with Crippen molar-refractivity contribution in [3.05, 3.63) is 47.5 Å². The number of hydrogen-bond acceptors (Lipinski definition) is 4. The zero-order valence-electron chi connectivity index (χ0n) is 14.4. The normalized spacial score (nSPS) is 16.5. The summed E-state index contributed by atoms with van der Waals surface area (Å²) in [6, 6.07) is 6.13. The largest absolute Gasteiger partial charge is 0.349 e. The number of amides is 1. The summed E-state index contributed by atoms with van der Waals surface area (Å²) in [6.45, 7) is 1.02. The molecule has 0 unspecified atom stereocenters. The third kappa shape index (κ3) is 4.08. The number of hydrogen-bond donors (Lipinski definition) is 1. The van der Waals surface area contributed by atoms with Gasteiger partial charge in [-0.25, -0.2) is 13.4 Å². The number of imidazole rings is 1. The van der Waals surface area contributed by atoms with Crippen molar-refractivity contribution in [2.24, 2.45) is 13.0 Å². The van der Waals surface area contributed by atoms with E-state index in [1.165, 1.54) is 16.4 Å². The number of benzene rings is 1. The fraction of sp³-hybridized carbons (Fsp3) is 0.412. The average Bonchev–Trinajstić information content (AvgIpc) is 3.05. The summed E-state index contributed by atoms with van der Waals surface area (Å²) in [5, 5.41) is 3.37. The van der Waals surface area contributed by atoms with Crippen LogP contribution < -0.4 is 5.32 Å². The van der Waals surface area contributed by atoms with E-state index in [-0.39, 0.29) is 16.7 Å². The second-order valence-electron chi connectivity index (χ2n) is 6.30. The predicted molar refractivity (Wildman–Crippen MR) is 98.0 cm³/mol. The summed E-state index contributed by atoms with van der Waals surface area (Å²) >= 11 is 5.82. The van der Waals surface area contributed by atoms with Gasteiger partial charge < -0.3 is 9.88 Å². The molecule has 3 rings (SSSR count). The van der Waals surface area contributed by atoms with Gasteiger partial charge in [0, 0.05) is 43.5 Å². The maximum atomic E-state index is 12.7. The van der Waals surface area contributed by atoms with E-state index in [9.17, 15) is 13.2 Å². The van der Waals surface area contributed by atoms with Crippen molar-refractivity contribution < 1.29 is 13.2 Å². The van der Waals surface area contributed by atoms with Crippen LogP contribution in [0.15, 0.2) is 41.6 Å². The number of halogens is 1. The van der Waals surface area contributed by atoms with Crippen molar-refractivity contribution in [3.8, 4) is 0 Å². The molecular weight excluding hydrogens is 376 g/mol. The highest BCUT2D eigenvalue weighted by Gasteiger charge is 2.32. The first-order chi connectivity index (χ1) is 12.4. The molecule has 140 valence electrons. The number of nitrogens with zero attached hydrogens (tertiary/aromatic N) is 3. The van der Waals surface area contributed by atoms with Crippen LogP contribution in [0.4, 0.5) is 0 Å². The van der Waals surface area contributed by atoms with E-state index in [1.807, 2.05) is 17.8 Å². The van der Waals surface area contributed by atoms with Crippen molar-refractivity contribution in [2.75, 3.05) is 13.1 Å². The Morgan fingerprint density at radius 2 is 1.92 bits per heavy atom. The highest BCUT2D eigenvalue weighted by Crippen LogP contribution is 2.24. The molecule has 26 heavy (non-hydrogen) atoms. The third-order valence-corrected chi connectivity index (χ3v) is 6.78. The molecule has 1 saturated heterocycles. The van der Waals surface area contributed by atoms with Crippen molar-refractivity contribution in [2.45, 2.75) is 24.3 Å². The second-order valence-corrected chi connectivity index (χ2v) is 8.68. The van der Waals surface area contributed by atoms with Gasteiger partial charge in [0.15, 0.2) is 0 Å². The molecule has 1 N–H and O–H groups in total. The van der Waals surface area contributed by atoms with Gasteiger partial charge in [0.05, 0.1) is 11.4 Å². The molecule has 1 aromatic carbocycles. The molecule has 1 aliphatic heterocycles. The summed E-state index contributed by atoms with van der Waals surface area (Å²) in [6.07, 6.45) is 4.50. The van der Waals surface area contributed by atoms with Gasteiger partial charge in [-0.05, 0) is 37.1 Å². The Hall–Kier alpha value is -1.90. The van der Waals surface area contributed by atoms with Crippen molar-refractivity contribution >= 4 is 27.5 Å². The van der Waals surface area contributed by atoms with Gasteiger partial charge in [-0.2, -0.15) is 4.31 Å². The number of aromatic nitrogens is 2. The topological polar surface area (TPSA) is 84.3 Å². The molecule has 1 aromatic heterocycles. The van der Waals surface area contributed by atoms with Crippen LogP contribution in [0.25, 0.3) is 0 Å². The highest BCUT2D eigenvalue weighted by molar-refractivity contribution is 7.89. The standard InChI is InChI=1S/C17H21ClN4O3S/c1-21-11-8-19-16(21)12-20-17(23)13-6-9-22(10-7-13)26(24,25)15-4-2-14(18)3-5-15/h2-5,8,11,13H,6-7,9-10,12H2,1H3,(H,20,23). The molecule has 1 amide bonds. The molecule has 0 radical (unpaired) electrons. The van der Waals surface area contributed by atoms with Gasteiger partial charge in [0.2, 0.25) is 15.9 Å². The van der Waals surface area contributed by atoms with E-state index >= 15 is 0 Å². The van der Waals surface area contributed by atoms with Crippen LogP contribution in [-0.2, 0) is 28.4 Å². The summed E-state index contributed by atoms with van der Waals surface area (Å²) in [4.78, 5) is 16.7. The van der Waals surface area contributed by atoms with Crippen LogP contribution in [0.5, 0.6) is 0 Å². The molecule has 0 bridgehead atoms. The van der Waals surface area contributed by atoms with Crippen LogP contribution in [0.1, 0.15) is 18.7 Å². The van der Waals surface area contributed by atoms with Gasteiger partial charge in [-0.3, -0.25) is 4.79 Å². The van der Waals surface area contributed by atoms with Crippen LogP contribution in [0.3, 0.4) is 0 Å². The van der Waals surface area contributed by atoms with E-state index in [4.69, 9.17) is 11.6 Å². The SMILES string of the molecule is Cn1ccnc1CNC(=O)C1CCN(S(=O)(=O)c2ccc(Cl)cc2)CC1. The molecule has 1 aliphatic rings. The number of carbonyl (C=O) groups excluding carboxylic acids is 1. The Balaban J connectivity index is 1.55. The van der Waals surface area contributed by atoms with Crippen LogP contribution in [0, 0.1) is 5.92 Å². The van der Waals surface area contributed by atoms with E-state index in [1.54, 1.807) is 18.3 Å². The quantitative estimate of drug-likeness (QED) is 0.835. The van der Waals surface area contributed by atoms with Crippen molar-refractivity contribution in [1.82, 2.24) is 19.2 Å². The summed E-state index contributed by atoms with van der Waals surface area (Å²) in [5.41, 5.74) is 0. The Kier molecular flexibility index (Phi) is 5.64. The van der Waals surface area contributed by atoms with E-state index in [0.717, 1.165) is 5.82 Å². The monoisotopic (exact) mass is 396 g/mol. The predicted octanol–water partition coefficient (Wildman–Crippen LogP) is 1.79. The molecule has 2 heterocycles. The lowest BCUT2D eigenvalue weighted by molar-refractivity contribution is -0.126. The minimum absolute atomic E-state index is 0.0588. The minimum atomic E-state index is -3.55. The smallest absolute Gasteiger partial charge is 0.243 e. The molecule has 0 spiro atoms. The van der Waals surface area contributed by atoms with Crippen LogP contribution >= 0.6 is 11.6 Å². The van der Waals surface area contributed by atoms with Gasteiger partial charge >= 0.3 is 0 Å². The maximum absolute atomic E-state index is 12.7. The molecule has 9 heteroatoms. The summed E-state index contributed by atoms with van der Waals surface area (Å²) in [5.74, 6) is 0.532. The van der Waals surface area contributed by atoms with Gasteiger partial charge in [-0.15, -0.1) is 0 Å². The van der Waals surface area contributed by atoms with E-state index < -0.39 is 10.0 Å². The lowest BCUT2D eigenvalue weighted by Crippen LogP contribution is -2.43. The molecular formula is C17H21ClN4O3S. The summed E-state index contributed by atoms with van der Waals surface area (Å²) in [7, 11) is -1.68. The highest BCUT2D eigenvalue weighted by atomic mass is 35.5. The molecule has 2 aromatic rings. The number of rotatable bonds is 5. The van der Waals surface area contributed by atoms with Gasteiger partial charge in [0.25, 0.3) is 0 Å². The van der Waals surface area contributed by atoms with E-state index in [2.05, 4.69) is 10.3 Å². The fourth-order valence-electron chi connectivity index (χ4n) is 2.99. The van der Waals surface area contributed by atoms with Crippen molar-refractivity contribution in [3.63, 3.8) is 0 Å². The lowest BCUT2D eigenvalue weighted by atomic mass is 9.97. The van der Waals surface area contributed by atoms with Crippen LogP contribution in [-0.4, -0.2) is 41.3 Å². The number of sulfonamides is 1. The first-order valence-corrected chi connectivity index (χ1v) is 10.2. The fourth-order valence-corrected chi connectivity index (χ4v) is 4.59. The number of aryl methyl sites for hydroxylation is 1. The number of carbonyl (C=O) groups is 1. The molecule has 0 atom stereocenters. The Bertz CT molecular complexity index is 872. The maximum Gasteiger partial charge on any atom is 0.243 e. The van der Waals surface area contributed by atoms with Gasteiger partial charge in [0.1, 0.15) is 5.82 Å². The minimum Gasteiger partial charge on any atom is -0.349 e. The zero-order chi connectivity index (χ0) is 18.7. The molecule has 1 fully saturated rings. The summed E-state index contributed by atoms with van der Waals surface area (Å²) < 4.78 is 28.6. The first kappa shape index (κ1) is 18.9. The second kappa shape index (κ2) is 7.77. The third-order valence-electron chi connectivity index (χ3n) is 4.62. The lowest BCUT2D eigenvalue weighted by Gasteiger charge is -2.30. The Labute approximate surface area is 158 Å². The molecule has 7 nitrogen and oxygen atoms in total. The van der Waals surface area contributed by atoms with Crippen molar-refractivity contribution in [1.29, 1.82) is 0 Å². The Morgan fingerprint density at radius 1 is 1.27 bits per heavy atom. The first-order valence-electron chi connectivity index (χ1n) is 8.37. The molecule has 0 saturated carbocycles. The Morgan fingerprint density at radius 3 is 2.50 bits per heavy atom. The van der Waals surface area contributed by atoms with Gasteiger partial charge in [-0.1, -0.05) is 11.6 Å². The number of nitrogens with one attached hydrogen (secondary N) is 1. The molecule has 0 aliphatic carbocycles. The average molecular weight is 397 g/mol. The van der Waals surface area contributed by atoms with E-state index in [0.29, 0.717) is 37.5 Å². The number of piperidine rings is 1. The van der Waals surface area contributed by atoms with Crippen LogP contribution in [0.2, 0.25) is 5.02 Å².